The monoisotopic (exact) mass is 288 g/mol. The molecule has 0 aromatic heterocycles. The van der Waals surface area contributed by atoms with Gasteiger partial charge in [-0.05, 0) is 31.5 Å². The molecule has 0 bridgehead atoms. The predicted octanol–water partition coefficient (Wildman–Crippen LogP) is 1.11. The molecular weight excluding hydrogens is 271 g/mol. The van der Waals surface area contributed by atoms with Crippen molar-refractivity contribution in [2.75, 3.05) is 18.9 Å². The Kier molecular flexibility index (Phi) is 4.07. The first-order valence-corrected chi connectivity index (χ1v) is 7.55. The topological polar surface area (TPSA) is 81.4 Å². The van der Waals surface area contributed by atoms with Gasteiger partial charge < -0.3 is 10.5 Å². The molecule has 2 unspecified atom stereocenters. The molecular formula is C12H17FN2O3S. The van der Waals surface area contributed by atoms with Crippen LogP contribution in [0.1, 0.15) is 13.3 Å². The third-order valence-corrected chi connectivity index (χ3v) is 4.77. The third kappa shape index (κ3) is 3.23. The Hall–Kier alpha value is -1.18. The maximum Gasteiger partial charge on any atom is 0.243 e. The first-order valence-electron chi connectivity index (χ1n) is 6.06. The van der Waals surface area contributed by atoms with Crippen molar-refractivity contribution in [3.63, 3.8) is 0 Å². The van der Waals surface area contributed by atoms with Crippen molar-refractivity contribution < 1.29 is 17.5 Å². The van der Waals surface area contributed by atoms with Crippen LogP contribution in [0.15, 0.2) is 23.1 Å². The maximum absolute atomic E-state index is 13.6. The van der Waals surface area contributed by atoms with E-state index in [1.807, 2.05) is 6.92 Å². The highest BCUT2D eigenvalue weighted by Gasteiger charge is 2.27. The van der Waals surface area contributed by atoms with E-state index in [0.29, 0.717) is 6.61 Å². The van der Waals surface area contributed by atoms with Gasteiger partial charge >= 0.3 is 0 Å². The lowest BCUT2D eigenvalue weighted by Gasteiger charge is -2.15. The summed E-state index contributed by atoms with van der Waals surface area (Å²) in [5, 5.41) is 0. The summed E-state index contributed by atoms with van der Waals surface area (Å²) < 4.78 is 45.4. The van der Waals surface area contributed by atoms with Crippen LogP contribution in [-0.2, 0) is 14.8 Å². The zero-order valence-electron chi connectivity index (χ0n) is 10.6. The highest BCUT2D eigenvalue weighted by atomic mass is 32.2. The number of ether oxygens (including phenoxy) is 1. The van der Waals surface area contributed by atoms with Crippen LogP contribution >= 0.6 is 0 Å². The van der Waals surface area contributed by atoms with Crippen LogP contribution in [0.3, 0.4) is 0 Å². The third-order valence-electron chi connectivity index (χ3n) is 3.31. The first kappa shape index (κ1) is 14.2. The van der Waals surface area contributed by atoms with Crippen molar-refractivity contribution >= 4 is 15.7 Å². The van der Waals surface area contributed by atoms with E-state index in [1.54, 1.807) is 0 Å². The van der Waals surface area contributed by atoms with Gasteiger partial charge in [-0.3, -0.25) is 0 Å². The second-order valence-corrected chi connectivity index (χ2v) is 6.40. The van der Waals surface area contributed by atoms with Gasteiger partial charge in [-0.1, -0.05) is 0 Å². The van der Waals surface area contributed by atoms with Crippen molar-refractivity contribution in [1.82, 2.24) is 4.72 Å². The molecule has 0 radical (unpaired) electrons. The minimum atomic E-state index is -3.85. The molecule has 5 nitrogen and oxygen atoms in total. The van der Waals surface area contributed by atoms with Gasteiger partial charge in [0.25, 0.3) is 0 Å². The molecule has 2 rings (SSSR count). The lowest BCUT2D eigenvalue weighted by atomic mass is 10.0. The zero-order chi connectivity index (χ0) is 14.0. The van der Waals surface area contributed by atoms with Crippen molar-refractivity contribution in [2.24, 2.45) is 5.92 Å². The van der Waals surface area contributed by atoms with E-state index >= 15 is 0 Å². The fourth-order valence-electron chi connectivity index (χ4n) is 2.07. The van der Waals surface area contributed by atoms with E-state index in [-0.39, 0.29) is 29.1 Å². The molecule has 1 fully saturated rings. The van der Waals surface area contributed by atoms with Crippen LogP contribution in [0.5, 0.6) is 0 Å². The number of halogens is 1. The fraction of sp³-hybridized carbons (Fsp3) is 0.500. The Morgan fingerprint density at radius 3 is 2.84 bits per heavy atom. The fourth-order valence-corrected chi connectivity index (χ4v) is 3.23. The molecule has 19 heavy (non-hydrogen) atoms. The Bertz CT molecular complexity index is 562. The average Bonchev–Trinajstić information content (AvgIpc) is 2.72. The SMILES string of the molecule is CC1OCCC1CNS(=O)(=O)c1ccc(N)cc1F. The van der Waals surface area contributed by atoms with E-state index in [4.69, 9.17) is 10.5 Å². The Labute approximate surface area is 112 Å². The number of nitrogens with two attached hydrogens (primary N) is 1. The number of nitrogens with one attached hydrogen (secondary N) is 1. The van der Waals surface area contributed by atoms with Gasteiger partial charge in [-0.15, -0.1) is 0 Å². The van der Waals surface area contributed by atoms with Gasteiger partial charge in [0.2, 0.25) is 10.0 Å². The molecule has 1 aliphatic rings. The lowest BCUT2D eigenvalue weighted by Crippen LogP contribution is -2.32. The number of hydrogen-bond donors (Lipinski definition) is 2. The summed E-state index contributed by atoms with van der Waals surface area (Å²) in [7, 11) is -3.85. The number of benzene rings is 1. The first-order chi connectivity index (χ1) is 8.90. The van der Waals surface area contributed by atoms with Crippen molar-refractivity contribution in [3.8, 4) is 0 Å². The number of nitrogen functional groups attached to an aromatic ring is 1. The summed E-state index contributed by atoms with van der Waals surface area (Å²) in [4.78, 5) is -0.381. The van der Waals surface area contributed by atoms with Crippen molar-refractivity contribution in [1.29, 1.82) is 0 Å². The molecule has 1 aromatic rings. The summed E-state index contributed by atoms with van der Waals surface area (Å²) in [5.41, 5.74) is 5.58. The summed E-state index contributed by atoms with van der Waals surface area (Å²) in [6.45, 7) is 2.77. The molecule has 1 heterocycles. The lowest BCUT2D eigenvalue weighted by molar-refractivity contribution is 0.107. The van der Waals surface area contributed by atoms with Crippen molar-refractivity contribution in [2.45, 2.75) is 24.3 Å². The molecule has 106 valence electrons. The number of anilines is 1. The van der Waals surface area contributed by atoms with Gasteiger partial charge in [0, 0.05) is 24.8 Å². The second kappa shape index (κ2) is 5.44. The Morgan fingerprint density at radius 1 is 1.53 bits per heavy atom. The summed E-state index contributed by atoms with van der Waals surface area (Å²) in [6.07, 6.45) is 0.812. The summed E-state index contributed by atoms with van der Waals surface area (Å²) in [6, 6.07) is 3.52. The Balaban J connectivity index is 2.09. The van der Waals surface area contributed by atoms with E-state index < -0.39 is 15.8 Å². The largest absolute Gasteiger partial charge is 0.399 e. The number of rotatable bonds is 4. The summed E-state index contributed by atoms with van der Waals surface area (Å²) in [5.74, 6) is -0.727. The highest BCUT2D eigenvalue weighted by Crippen LogP contribution is 2.21. The molecule has 3 N–H and O–H groups in total. The minimum absolute atomic E-state index is 0.0129. The van der Waals surface area contributed by atoms with E-state index in [1.165, 1.54) is 12.1 Å². The standard InChI is InChI=1S/C12H17FN2O3S/c1-8-9(4-5-18-8)7-15-19(16,17)12-3-2-10(14)6-11(12)13/h2-3,6,8-9,15H,4-5,7,14H2,1H3. The second-order valence-electron chi connectivity index (χ2n) is 4.67. The van der Waals surface area contributed by atoms with Crippen LogP contribution in [0.2, 0.25) is 0 Å². The molecule has 1 aliphatic heterocycles. The Morgan fingerprint density at radius 2 is 2.26 bits per heavy atom. The van der Waals surface area contributed by atoms with E-state index in [9.17, 15) is 12.8 Å². The average molecular weight is 288 g/mol. The van der Waals surface area contributed by atoms with Crippen molar-refractivity contribution in [3.05, 3.63) is 24.0 Å². The van der Waals surface area contributed by atoms with Gasteiger partial charge in [0.1, 0.15) is 10.7 Å². The smallest absolute Gasteiger partial charge is 0.243 e. The highest BCUT2D eigenvalue weighted by molar-refractivity contribution is 7.89. The van der Waals surface area contributed by atoms with Gasteiger partial charge in [-0.2, -0.15) is 0 Å². The van der Waals surface area contributed by atoms with Crippen LogP contribution < -0.4 is 10.5 Å². The van der Waals surface area contributed by atoms with Gasteiger partial charge in [0.05, 0.1) is 6.10 Å². The van der Waals surface area contributed by atoms with Gasteiger partial charge in [-0.25, -0.2) is 17.5 Å². The van der Waals surface area contributed by atoms with Crippen LogP contribution in [-0.4, -0.2) is 27.7 Å². The quantitative estimate of drug-likeness (QED) is 0.813. The number of sulfonamides is 1. The molecule has 0 amide bonds. The zero-order valence-corrected chi connectivity index (χ0v) is 11.4. The maximum atomic E-state index is 13.6. The minimum Gasteiger partial charge on any atom is -0.399 e. The molecule has 2 atom stereocenters. The molecule has 1 aromatic carbocycles. The van der Waals surface area contributed by atoms with Gasteiger partial charge in [0.15, 0.2) is 0 Å². The predicted molar refractivity (Wildman–Crippen MR) is 69.5 cm³/mol. The van der Waals surface area contributed by atoms with Crippen LogP contribution in [0, 0.1) is 11.7 Å². The number of hydrogen-bond acceptors (Lipinski definition) is 4. The molecule has 0 spiro atoms. The van der Waals surface area contributed by atoms with E-state index in [2.05, 4.69) is 4.72 Å². The molecule has 0 aliphatic carbocycles. The van der Waals surface area contributed by atoms with Crippen LogP contribution in [0.25, 0.3) is 0 Å². The van der Waals surface area contributed by atoms with E-state index in [0.717, 1.165) is 12.5 Å². The summed E-state index contributed by atoms with van der Waals surface area (Å²) >= 11 is 0. The normalized spacial score (nSPS) is 23.7. The molecule has 7 heteroatoms. The molecule has 1 saturated heterocycles. The molecule has 0 saturated carbocycles. The van der Waals surface area contributed by atoms with Crippen LogP contribution in [0.4, 0.5) is 10.1 Å².